The molecule has 3 rings (SSSR count). The minimum atomic E-state index is -0.469. The minimum Gasteiger partial charge on any atom is -0.493 e. The lowest BCUT2D eigenvalue weighted by Crippen LogP contribution is -2.34. The number of hydrogen-bond donors (Lipinski definition) is 2. The summed E-state index contributed by atoms with van der Waals surface area (Å²) in [7, 11) is 2.99. The molecular formula is C25H23Br2N3O5. The van der Waals surface area contributed by atoms with Crippen LogP contribution in [0.4, 0.5) is 0 Å². The monoisotopic (exact) mass is 603 g/mol. The lowest BCUT2D eigenvalue weighted by Gasteiger charge is -2.10. The smallest absolute Gasteiger partial charge is 0.259 e. The van der Waals surface area contributed by atoms with Gasteiger partial charge in [0.1, 0.15) is 12.4 Å². The molecule has 0 unspecified atom stereocenters. The van der Waals surface area contributed by atoms with E-state index < -0.39 is 11.8 Å². The summed E-state index contributed by atoms with van der Waals surface area (Å²) < 4.78 is 18.0. The number of nitrogens with one attached hydrogen (secondary N) is 2. The van der Waals surface area contributed by atoms with Crippen molar-refractivity contribution in [1.29, 1.82) is 0 Å². The van der Waals surface area contributed by atoms with Crippen LogP contribution in [0.5, 0.6) is 17.2 Å². The second-order valence-electron chi connectivity index (χ2n) is 7.15. The standard InChI is InChI=1S/C25H23Br2N3O5/c1-33-22-10-6-18(12-23(22)34-2)25(32)28-14-24(31)30-29-13-17-5-9-21(20(27)11-17)35-15-16-3-7-19(26)8-4-16/h3-13H,14-15H2,1-2H3,(H,28,32)(H,30,31)/b29-13+. The molecule has 35 heavy (non-hydrogen) atoms. The molecule has 3 aromatic rings. The second kappa shape index (κ2) is 12.9. The summed E-state index contributed by atoms with van der Waals surface area (Å²) >= 11 is 6.90. The lowest BCUT2D eigenvalue weighted by atomic mass is 10.2. The maximum atomic E-state index is 12.3. The van der Waals surface area contributed by atoms with E-state index in [2.05, 4.69) is 47.7 Å². The Morgan fingerprint density at radius 2 is 1.63 bits per heavy atom. The van der Waals surface area contributed by atoms with E-state index in [0.29, 0.717) is 29.4 Å². The van der Waals surface area contributed by atoms with Crippen molar-refractivity contribution in [3.8, 4) is 17.2 Å². The molecule has 0 heterocycles. The fourth-order valence-corrected chi connectivity index (χ4v) is 3.69. The van der Waals surface area contributed by atoms with E-state index in [1.165, 1.54) is 26.5 Å². The van der Waals surface area contributed by atoms with Crippen LogP contribution in [0.25, 0.3) is 0 Å². The third-order valence-electron chi connectivity index (χ3n) is 4.72. The molecule has 2 N–H and O–H groups in total. The molecule has 0 saturated heterocycles. The highest BCUT2D eigenvalue weighted by molar-refractivity contribution is 9.10. The molecule has 182 valence electrons. The van der Waals surface area contributed by atoms with E-state index in [0.717, 1.165) is 20.1 Å². The molecular weight excluding hydrogens is 582 g/mol. The summed E-state index contributed by atoms with van der Waals surface area (Å²) in [6.45, 7) is 0.196. The summed E-state index contributed by atoms with van der Waals surface area (Å²) in [6.07, 6.45) is 1.50. The van der Waals surface area contributed by atoms with Gasteiger partial charge >= 0.3 is 0 Å². The molecule has 0 spiro atoms. The van der Waals surface area contributed by atoms with Crippen LogP contribution in [0.15, 0.2) is 74.7 Å². The van der Waals surface area contributed by atoms with Gasteiger partial charge in [-0.15, -0.1) is 0 Å². The van der Waals surface area contributed by atoms with Gasteiger partial charge in [-0.1, -0.05) is 28.1 Å². The molecule has 3 aromatic carbocycles. The topological polar surface area (TPSA) is 98.2 Å². The van der Waals surface area contributed by atoms with E-state index in [4.69, 9.17) is 14.2 Å². The third-order valence-corrected chi connectivity index (χ3v) is 5.87. The number of carbonyl (C=O) groups excluding carboxylic acids is 2. The van der Waals surface area contributed by atoms with Crippen molar-refractivity contribution in [1.82, 2.24) is 10.7 Å². The van der Waals surface area contributed by atoms with Crippen molar-refractivity contribution >= 4 is 49.9 Å². The zero-order valence-electron chi connectivity index (χ0n) is 19.0. The summed E-state index contributed by atoms with van der Waals surface area (Å²) in [6, 6.07) is 18.1. The van der Waals surface area contributed by atoms with Crippen LogP contribution in [0.3, 0.4) is 0 Å². The fourth-order valence-electron chi connectivity index (χ4n) is 2.91. The number of halogens is 2. The van der Waals surface area contributed by atoms with Gasteiger partial charge in [-0.3, -0.25) is 9.59 Å². The van der Waals surface area contributed by atoms with Gasteiger partial charge in [0.15, 0.2) is 11.5 Å². The van der Waals surface area contributed by atoms with Gasteiger partial charge in [0.05, 0.1) is 31.5 Å². The molecule has 10 heteroatoms. The van der Waals surface area contributed by atoms with Gasteiger partial charge in [-0.2, -0.15) is 5.10 Å². The molecule has 8 nitrogen and oxygen atoms in total. The van der Waals surface area contributed by atoms with Gasteiger partial charge in [0, 0.05) is 10.0 Å². The molecule has 0 fully saturated rings. The molecule has 0 aliphatic carbocycles. The number of benzene rings is 3. The molecule has 2 amide bonds. The van der Waals surface area contributed by atoms with E-state index in [9.17, 15) is 9.59 Å². The van der Waals surface area contributed by atoms with Crippen LogP contribution in [0.1, 0.15) is 21.5 Å². The molecule has 0 aliphatic rings. The van der Waals surface area contributed by atoms with E-state index in [-0.39, 0.29) is 6.54 Å². The Morgan fingerprint density at radius 1 is 0.914 bits per heavy atom. The maximum absolute atomic E-state index is 12.3. The normalized spacial score (nSPS) is 10.6. The minimum absolute atomic E-state index is 0.239. The number of methoxy groups -OCH3 is 2. The number of nitrogens with zero attached hydrogens (tertiary/aromatic N) is 1. The summed E-state index contributed by atoms with van der Waals surface area (Å²) in [5.41, 5.74) is 4.52. The van der Waals surface area contributed by atoms with Gasteiger partial charge in [0.25, 0.3) is 11.8 Å². The Kier molecular flexibility index (Phi) is 9.68. The first-order valence-electron chi connectivity index (χ1n) is 10.4. The fraction of sp³-hybridized carbons (Fsp3) is 0.160. The van der Waals surface area contributed by atoms with Crippen molar-refractivity contribution in [2.24, 2.45) is 5.10 Å². The maximum Gasteiger partial charge on any atom is 0.259 e. The Labute approximate surface area is 219 Å². The Balaban J connectivity index is 1.47. The predicted molar refractivity (Wildman–Crippen MR) is 140 cm³/mol. The number of rotatable bonds is 10. The lowest BCUT2D eigenvalue weighted by molar-refractivity contribution is -0.120. The Bertz CT molecular complexity index is 1220. The van der Waals surface area contributed by atoms with Gasteiger partial charge < -0.3 is 19.5 Å². The summed E-state index contributed by atoms with van der Waals surface area (Å²) in [5.74, 6) is 0.723. The largest absolute Gasteiger partial charge is 0.493 e. The highest BCUT2D eigenvalue weighted by atomic mass is 79.9. The quantitative estimate of drug-likeness (QED) is 0.258. The molecule has 0 aliphatic heterocycles. The molecule has 0 radical (unpaired) electrons. The average Bonchev–Trinajstić information content (AvgIpc) is 2.87. The number of amides is 2. The molecule has 0 atom stereocenters. The SMILES string of the molecule is COc1ccc(C(=O)NCC(=O)N/N=C/c2ccc(OCc3ccc(Br)cc3)c(Br)c2)cc1OC. The van der Waals surface area contributed by atoms with Crippen molar-refractivity contribution in [3.63, 3.8) is 0 Å². The highest BCUT2D eigenvalue weighted by Crippen LogP contribution is 2.28. The first-order valence-corrected chi connectivity index (χ1v) is 12.0. The second-order valence-corrected chi connectivity index (χ2v) is 8.92. The molecule has 0 aromatic heterocycles. The Hall–Kier alpha value is -3.37. The highest BCUT2D eigenvalue weighted by Gasteiger charge is 2.12. The van der Waals surface area contributed by atoms with Crippen LogP contribution in [-0.4, -0.2) is 38.8 Å². The van der Waals surface area contributed by atoms with Crippen LogP contribution >= 0.6 is 31.9 Å². The summed E-state index contributed by atoms with van der Waals surface area (Å²) in [4.78, 5) is 24.3. The first-order chi connectivity index (χ1) is 16.9. The van der Waals surface area contributed by atoms with Gasteiger partial charge in [-0.25, -0.2) is 5.43 Å². The molecule has 0 saturated carbocycles. The van der Waals surface area contributed by atoms with Crippen molar-refractivity contribution in [2.75, 3.05) is 20.8 Å². The van der Waals surface area contributed by atoms with E-state index >= 15 is 0 Å². The summed E-state index contributed by atoms with van der Waals surface area (Å²) in [5, 5.41) is 6.47. The Morgan fingerprint density at radius 3 is 2.31 bits per heavy atom. The number of carbonyl (C=O) groups is 2. The molecule has 0 bridgehead atoms. The predicted octanol–water partition coefficient (Wildman–Crippen LogP) is 4.69. The van der Waals surface area contributed by atoms with E-state index in [1.54, 1.807) is 12.1 Å². The number of ether oxygens (including phenoxy) is 3. The van der Waals surface area contributed by atoms with Gasteiger partial charge in [0.2, 0.25) is 0 Å². The van der Waals surface area contributed by atoms with Crippen LogP contribution in [-0.2, 0) is 11.4 Å². The average molecular weight is 605 g/mol. The first kappa shape index (κ1) is 26.2. The van der Waals surface area contributed by atoms with Crippen LogP contribution in [0, 0.1) is 0 Å². The van der Waals surface area contributed by atoms with Crippen molar-refractivity contribution in [2.45, 2.75) is 6.61 Å². The third kappa shape index (κ3) is 7.83. The van der Waals surface area contributed by atoms with Crippen LogP contribution in [0.2, 0.25) is 0 Å². The van der Waals surface area contributed by atoms with Gasteiger partial charge in [-0.05, 0) is 75.6 Å². The zero-order valence-corrected chi connectivity index (χ0v) is 22.2. The van der Waals surface area contributed by atoms with E-state index in [1.807, 2.05) is 42.5 Å². The van der Waals surface area contributed by atoms with Crippen molar-refractivity contribution < 1.29 is 23.8 Å². The van der Waals surface area contributed by atoms with Crippen molar-refractivity contribution in [3.05, 3.63) is 86.3 Å². The van der Waals surface area contributed by atoms with Crippen LogP contribution < -0.4 is 25.0 Å². The number of hydrazone groups is 1. The zero-order chi connectivity index (χ0) is 25.2. The number of hydrogen-bond acceptors (Lipinski definition) is 6.